The number of rotatable bonds is 4. The number of fused-ring (bicyclic) bond motifs is 2. The van der Waals surface area contributed by atoms with Gasteiger partial charge in [0.25, 0.3) is 5.91 Å². The van der Waals surface area contributed by atoms with Gasteiger partial charge in [0.15, 0.2) is 12.2 Å². The maximum Gasteiger partial charge on any atom is 0.417 e. The fourth-order valence-corrected chi connectivity index (χ4v) is 3.30. The standard InChI is InChI=1S/C19H13BrN2O4/c20-18-13-4-2-1-3-11(13)5-7-16(18)25-10-17(23)21-12-6-8-15-14(9-12)22-19(24)26-15/h1-9H,10H2,(H,21,23)(H,22,24). The molecule has 0 saturated heterocycles. The predicted molar refractivity (Wildman–Crippen MR) is 103 cm³/mol. The SMILES string of the molecule is O=C(COc1ccc2ccccc2c1Br)Nc1ccc2oc(=O)[nH]c2c1. The van der Waals surface area contributed by atoms with Crippen LogP contribution in [0.1, 0.15) is 0 Å². The van der Waals surface area contributed by atoms with Gasteiger partial charge in [0.05, 0.1) is 9.99 Å². The molecular weight excluding hydrogens is 400 g/mol. The molecule has 4 rings (SSSR count). The first-order valence-corrected chi connectivity index (χ1v) is 8.62. The Bertz CT molecular complexity index is 1180. The van der Waals surface area contributed by atoms with E-state index in [4.69, 9.17) is 9.15 Å². The second-order valence-corrected chi connectivity index (χ2v) is 6.45. The van der Waals surface area contributed by atoms with Gasteiger partial charge < -0.3 is 14.5 Å². The van der Waals surface area contributed by atoms with Crippen LogP contribution in [0.2, 0.25) is 0 Å². The topological polar surface area (TPSA) is 84.3 Å². The van der Waals surface area contributed by atoms with Crippen LogP contribution in [0, 0.1) is 0 Å². The number of oxazole rings is 1. The number of anilines is 1. The van der Waals surface area contributed by atoms with Crippen molar-refractivity contribution in [3.63, 3.8) is 0 Å². The summed E-state index contributed by atoms with van der Waals surface area (Å²) in [4.78, 5) is 25.9. The molecule has 2 N–H and O–H groups in total. The summed E-state index contributed by atoms with van der Waals surface area (Å²) in [6.45, 7) is -0.142. The van der Waals surface area contributed by atoms with Crippen LogP contribution in [0.4, 0.5) is 5.69 Å². The van der Waals surface area contributed by atoms with Gasteiger partial charge in [0, 0.05) is 5.69 Å². The molecule has 0 aliphatic carbocycles. The molecule has 0 aliphatic rings. The highest BCUT2D eigenvalue weighted by Crippen LogP contribution is 2.33. The van der Waals surface area contributed by atoms with Gasteiger partial charge in [-0.05, 0) is 51.0 Å². The molecule has 0 unspecified atom stereocenters. The molecule has 0 aliphatic heterocycles. The second-order valence-electron chi connectivity index (χ2n) is 5.66. The highest BCUT2D eigenvalue weighted by molar-refractivity contribution is 9.10. The number of carbonyl (C=O) groups is 1. The van der Waals surface area contributed by atoms with E-state index in [1.165, 1.54) is 0 Å². The van der Waals surface area contributed by atoms with Crippen LogP contribution in [0.5, 0.6) is 5.75 Å². The summed E-state index contributed by atoms with van der Waals surface area (Å²) in [6.07, 6.45) is 0. The highest BCUT2D eigenvalue weighted by atomic mass is 79.9. The fourth-order valence-electron chi connectivity index (χ4n) is 2.70. The Labute approximate surface area is 155 Å². The lowest BCUT2D eigenvalue weighted by molar-refractivity contribution is -0.118. The number of carbonyl (C=O) groups excluding carboxylic acids is 1. The molecule has 26 heavy (non-hydrogen) atoms. The highest BCUT2D eigenvalue weighted by Gasteiger charge is 2.10. The number of nitrogens with one attached hydrogen (secondary N) is 2. The van der Waals surface area contributed by atoms with E-state index in [1.807, 2.05) is 36.4 Å². The third-order valence-electron chi connectivity index (χ3n) is 3.89. The number of hydrogen-bond donors (Lipinski definition) is 2. The summed E-state index contributed by atoms with van der Waals surface area (Å²) < 4.78 is 11.4. The Morgan fingerprint density at radius 1 is 1.15 bits per heavy atom. The Balaban J connectivity index is 1.46. The van der Waals surface area contributed by atoms with E-state index in [9.17, 15) is 9.59 Å². The van der Waals surface area contributed by atoms with Gasteiger partial charge >= 0.3 is 5.76 Å². The fraction of sp³-hybridized carbons (Fsp3) is 0.0526. The normalized spacial score (nSPS) is 11.0. The summed E-state index contributed by atoms with van der Waals surface area (Å²) in [5, 5.41) is 4.82. The average molecular weight is 413 g/mol. The first-order valence-electron chi connectivity index (χ1n) is 7.83. The lowest BCUT2D eigenvalue weighted by Crippen LogP contribution is -2.20. The van der Waals surface area contributed by atoms with Crippen LogP contribution in [-0.2, 0) is 4.79 Å². The van der Waals surface area contributed by atoms with Crippen molar-refractivity contribution in [3.8, 4) is 5.75 Å². The zero-order chi connectivity index (χ0) is 18.1. The Morgan fingerprint density at radius 2 is 2.00 bits per heavy atom. The molecule has 130 valence electrons. The van der Waals surface area contributed by atoms with Gasteiger partial charge in [0.1, 0.15) is 5.75 Å². The zero-order valence-corrected chi connectivity index (χ0v) is 15.0. The van der Waals surface area contributed by atoms with Crippen LogP contribution in [0.3, 0.4) is 0 Å². The molecule has 0 saturated carbocycles. The second kappa shape index (κ2) is 6.68. The molecule has 3 aromatic carbocycles. The van der Waals surface area contributed by atoms with Crippen molar-refractivity contribution in [1.82, 2.24) is 4.98 Å². The Kier molecular flexibility index (Phi) is 4.22. The van der Waals surface area contributed by atoms with E-state index < -0.39 is 5.76 Å². The predicted octanol–water partition coefficient (Wildman–Crippen LogP) is 4.05. The van der Waals surface area contributed by atoms with Crippen LogP contribution in [0.25, 0.3) is 21.9 Å². The van der Waals surface area contributed by atoms with Crippen molar-refractivity contribution in [2.75, 3.05) is 11.9 Å². The molecule has 4 aromatic rings. The first kappa shape index (κ1) is 16.4. The molecule has 6 nitrogen and oxygen atoms in total. The number of aromatic amines is 1. The molecule has 1 heterocycles. The van der Waals surface area contributed by atoms with E-state index in [-0.39, 0.29) is 12.5 Å². The third kappa shape index (κ3) is 3.21. The van der Waals surface area contributed by atoms with E-state index in [0.717, 1.165) is 15.2 Å². The van der Waals surface area contributed by atoms with Gasteiger partial charge in [0.2, 0.25) is 0 Å². The molecule has 1 aromatic heterocycles. The van der Waals surface area contributed by atoms with E-state index in [0.29, 0.717) is 22.5 Å². The molecular formula is C19H13BrN2O4. The number of ether oxygens (including phenoxy) is 1. The van der Waals surface area contributed by atoms with E-state index in [1.54, 1.807) is 18.2 Å². The monoisotopic (exact) mass is 412 g/mol. The summed E-state index contributed by atoms with van der Waals surface area (Å²) in [6, 6.07) is 16.6. The molecule has 0 fully saturated rings. The lowest BCUT2D eigenvalue weighted by atomic mass is 10.1. The van der Waals surface area contributed by atoms with Crippen molar-refractivity contribution >= 4 is 49.4 Å². The van der Waals surface area contributed by atoms with Gasteiger partial charge in [-0.3, -0.25) is 9.78 Å². The van der Waals surface area contributed by atoms with Gasteiger partial charge in [-0.2, -0.15) is 0 Å². The number of amides is 1. The zero-order valence-electron chi connectivity index (χ0n) is 13.4. The average Bonchev–Trinajstić information content (AvgIpc) is 3.01. The van der Waals surface area contributed by atoms with E-state index in [2.05, 4.69) is 26.2 Å². The summed E-state index contributed by atoms with van der Waals surface area (Å²) >= 11 is 3.53. The lowest BCUT2D eigenvalue weighted by Gasteiger charge is -2.10. The van der Waals surface area contributed by atoms with Gasteiger partial charge in [-0.15, -0.1) is 0 Å². The van der Waals surface area contributed by atoms with Crippen LogP contribution in [-0.4, -0.2) is 17.5 Å². The summed E-state index contributed by atoms with van der Waals surface area (Å²) in [5.74, 6) is -0.253. The molecule has 7 heteroatoms. The minimum atomic E-state index is -0.534. The minimum absolute atomic E-state index is 0.142. The summed E-state index contributed by atoms with van der Waals surface area (Å²) in [7, 11) is 0. The summed E-state index contributed by atoms with van der Waals surface area (Å²) in [5.41, 5.74) is 1.50. The van der Waals surface area contributed by atoms with Crippen molar-refractivity contribution in [3.05, 3.63) is 69.6 Å². The quantitative estimate of drug-likeness (QED) is 0.529. The number of halogens is 1. The van der Waals surface area contributed by atoms with Crippen LogP contribution < -0.4 is 15.8 Å². The van der Waals surface area contributed by atoms with Crippen molar-refractivity contribution in [1.29, 1.82) is 0 Å². The largest absolute Gasteiger partial charge is 0.483 e. The number of benzene rings is 3. The number of aromatic nitrogens is 1. The molecule has 0 atom stereocenters. The number of hydrogen-bond acceptors (Lipinski definition) is 4. The van der Waals surface area contributed by atoms with Crippen LogP contribution >= 0.6 is 15.9 Å². The minimum Gasteiger partial charge on any atom is -0.483 e. The van der Waals surface area contributed by atoms with Crippen molar-refractivity contribution in [2.45, 2.75) is 0 Å². The Morgan fingerprint density at radius 3 is 2.88 bits per heavy atom. The molecule has 0 bridgehead atoms. The van der Waals surface area contributed by atoms with Gasteiger partial charge in [-0.25, -0.2) is 4.79 Å². The number of H-pyrrole nitrogens is 1. The van der Waals surface area contributed by atoms with Gasteiger partial charge in [-0.1, -0.05) is 30.3 Å². The molecule has 1 amide bonds. The smallest absolute Gasteiger partial charge is 0.417 e. The molecule has 0 spiro atoms. The van der Waals surface area contributed by atoms with E-state index >= 15 is 0 Å². The van der Waals surface area contributed by atoms with Crippen LogP contribution in [0.15, 0.2) is 68.3 Å². The maximum atomic E-state index is 12.2. The van der Waals surface area contributed by atoms with Crippen molar-refractivity contribution < 1.29 is 13.9 Å². The molecule has 0 radical (unpaired) electrons. The maximum absolute atomic E-state index is 12.2. The van der Waals surface area contributed by atoms with Crippen molar-refractivity contribution in [2.24, 2.45) is 0 Å². The first-order chi connectivity index (χ1) is 12.6. The Hall–Kier alpha value is -3.06. The third-order valence-corrected chi connectivity index (χ3v) is 4.71.